The number of nitrogens with one attached hydrogen (secondary N) is 2. The van der Waals surface area contributed by atoms with E-state index in [4.69, 9.17) is 11.5 Å². The topological polar surface area (TPSA) is 110 Å². The van der Waals surface area contributed by atoms with Crippen LogP contribution < -0.4 is 22.1 Å². The van der Waals surface area contributed by atoms with E-state index in [9.17, 15) is 9.59 Å². The fraction of sp³-hybridized carbons (Fsp3) is 0.600. The molecule has 152 valence electrons. The molecule has 6 N–H and O–H groups in total. The Morgan fingerprint density at radius 1 is 0.714 bits per heavy atom. The van der Waals surface area contributed by atoms with Gasteiger partial charge in [-0.15, -0.1) is 22.7 Å². The molecule has 0 unspecified atom stereocenters. The van der Waals surface area contributed by atoms with Crippen molar-refractivity contribution >= 4 is 55.3 Å². The van der Waals surface area contributed by atoms with Crippen molar-refractivity contribution in [2.45, 2.75) is 76.3 Å². The maximum absolute atomic E-state index is 12.7. The highest BCUT2D eigenvalue weighted by Gasteiger charge is 2.27. The van der Waals surface area contributed by atoms with Gasteiger partial charge in [-0.1, -0.05) is 38.5 Å². The van der Waals surface area contributed by atoms with Crippen molar-refractivity contribution < 1.29 is 9.59 Å². The summed E-state index contributed by atoms with van der Waals surface area (Å²) in [5.41, 5.74) is 13.4. The minimum atomic E-state index is -0.120. The van der Waals surface area contributed by atoms with E-state index in [1.54, 1.807) is 0 Å². The molecular formula is C20H28N4O2S2. The first-order valence-corrected chi connectivity index (χ1v) is 11.9. The van der Waals surface area contributed by atoms with Crippen molar-refractivity contribution in [3.63, 3.8) is 0 Å². The van der Waals surface area contributed by atoms with Gasteiger partial charge in [-0.2, -0.15) is 0 Å². The third kappa shape index (κ3) is 3.85. The number of anilines is 2. The van der Waals surface area contributed by atoms with E-state index < -0.39 is 0 Å². The molecule has 6 nitrogen and oxygen atoms in total. The Kier molecular flexibility index (Phi) is 5.78. The predicted molar refractivity (Wildman–Crippen MR) is 117 cm³/mol. The first-order valence-electron chi connectivity index (χ1n) is 10.3. The molecule has 2 aliphatic carbocycles. The lowest BCUT2D eigenvalue weighted by atomic mass is 9.95. The van der Waals surface area contributed by atoms with Gasteiger partial charge in [0.05, 0.1) is 20.8 Å². The zero-order chi connectivity index (χ0) is 19.7. The molecule has 28 heavy (non-hydrogen) atoms. The summed E-state index contributed by atoms with van der Waals surface area (Å²) in [6.07, 6.45) is 11.2. The van der Waals surface area contributed by atoms with Gasteiger partial charge in [0.2, 0.25) is 0 Å². The molecule has 2 aromatic heterocycles. The van der Waals surface area contributed by atoms with Gasteiger partial charge in [0, 0.05) is 12.1 Å². The van der Waals surface area contributed by atoms with Crippen LogP contribution in [-0.2, 0) is 0 Å². The molecule has 2 fully saturated rings. The van der Waals surface area contributed by atoms with Gasteiger partial charge in [-0.25, -0.2) is 0 Å². The number of carbonyl (C=O) groups is 2. The Morgan fingerprint density at radius 2 is 1.11 bits per heavy atom. The number of nitrogen functional groups attached to an aromatic ring is 2. The molecule has 2 aliphatic rings. The number of nitrogens with two attached hydrogens (primary N) is 2. The minimum absolute atomic E-state index is 0.120. The smallest absolute Gasteiger partial charge is 0.263 e. The molecule has 0 bridgehead atoms. The van der Waals surface area contributed by atoms with Crippen molar-refractivity contribution in [1.29, 1.82) is 0 Å². The molecule has 0 atom stereocenters. The number of thiophene rings is 2. The molecule has 0 radical (unpaired) electrons. The number of hydrogen-bond acceptors (Lipinski definition) is 6. The second-order valence-electron chi connectivity index (χ2n) is 7.97. The third-order valence-corrected chi connectivity index (χ3v) is 8.41. The van der Waals surface area contributed by atoms with Gasteiger partial charge in [0.1, 0.15) is 9.75 Å². The van der Waals surface area contributed by atoms with E-state index in [1.165, 1.54) is 35.5 Å². The fourth-order valence-electron chi connectivity index (χ4n) is 4.34. The molecular weight excluding hydrogens is 392 g/mol. The van der Waals surface area contributed by atoms with Gasteiger partial charge in [0.15, 0.2) is 0 Å². The van der Waals surface area contributed by atoms with Crippen LogP contribution >= 0.6 is 22.7 Å². The van der Waals surface area contributed by atoms with Gasteiger partial charge < -0.3 is 22.1 Å². The second-order valence-corrected chi connectivity index (χ2v) is 10.3. The SMILES string of the molecule is Nc1c(C(=O)NC2CCCCC2)sc2sc(C(=O)NC3CCCCC3)c(N)c12. The highest BCUT2D eigenvalue weighted by molar-refractivity contribution is 7.40. The molecule has 8 heteroatoms. The quantitative estimate of drug-likeness (QED) is 0.592. The first-order chi connectivity index (χ1) is 13.5. The summed E-state index contributed by atoms with van der Waals surface area (Å²) in [6, 6.07) is 0.463. The second kappa shape index (κ2) is 8.29. The standard InChI is InChI=1S/C20H28N4O2S2/c21-14-13-15(22)17(19(26)24-12-9-5-2-6-10-12)28-20(13)27-16(14)18(25)23-11-7-3-1-4-8-11/h11-12H,1-10,21-22H2,(H,23,25)(H,24,26). The van der Waals surface area contributed by atoms with E-state index >= 15 is 0 Å². The first kappa shape index (κ1) is 19.5. The molecule has 2 heterocycles. The zero-order valence-corrected chi connectivity index (χ0v) is 17.6. The number of hydrogen-bond donors (Lipinski definition) is 4. The Labute approximate surface area is 173 Å². The van der Waals surface area contributed by atoms with Crippen LogP contribution in [0.3, 0.4) is 0 Å². The largest absolute Gasteiger partial charge is 0.397 e. The molecule has 0 aromatic carbocycles. The lowest BCUT2D eigenvalue weighted by Crippen LogP contribution is -2.36. The number of fused-ring (bicyclic) bond motifs is 1. The van der Waals surface area contributed by atoms with Crippen LogP contribution in [0.5, 0.6) is 0 Å². The van der Waals surface area contributed by atoms with Crippen LogP contribution in [-0.4, -0.2) is 23.9 Å². The summed E-state index contributed by atoms with van der Waals surface area (Å²) in [5.74, 6) is -0.240. The van der Waals surface area contributed by atoms with Crippen molar-refractivity contribution in [3.8, 4) is 0 Å². The molecule has 0 saturated heterocycles. The molecule has 0 aliphatic heterocycles. The number of carbonyl (C=O) groups excluding carboxylic acids is 2. The summed E-state index contributed by atoms with van der Waals surface area (Å²) in [6.45, 7) is 0. The summed E-state index contributed by atoms with van der Waals surface area (Å²) in [4.78, 5) is 26.4. The maximum Gasteiger partial charge on any atom is 0.263 e. The molecule has 0 spiro atoms. The zero-order valence-electron chi connectivity index (χ0n) is 16.0. The fourth-order valence-corrected chi connectivity index (χ4v) is 6.75. The summed E-state index contributed by atoms with van der Waals surface area (Å²) < 4.78 is 0.845. The van der Waals surface area contributed by atoms with E-state index in [0.29, 0.717) is 26.5 Å². The van der Waals surface area contributed by atoms with Gasteiger partial charge in [0.25, 0.3) is 11.8 Å². The monoisotopic (exact) mass is 420 g/mol. The Morgan fingerprint density at radius 3 is 1.46 bits per heavy atom. The summed E-state index contributed by atoms with van der Waals surface area (Å²) >= 11 is 2.68. The van der Waals surface area contributed by atoms with Crippen LogP contribution in [0.25, 0.3) is 9.40 Å². The highest BCUT2D eigenvalue weighted by atomic mass is 32.2. The third-order valence-electron chi connectivity index (χ3n) is 5.91. The van der Waals surface area contributed by atoms with Crippen LogP contribution in [0.1, 0.15) is 83.6 Å². The van der Waals surface area contributed by atoms with Gasteiger partial charge in [-0.05, 0) is 25.7 Å². The van der Waals surface area contributed by atoms with Gasteiger partial charge >= 0.3 is 0 Å². The predicted octanol–water partition coefficient (Wildman–Crippen LogP) is 4.25. The Bertz CT molecular complexity index is 809. The lowest BCUT2D eigenvalue weighted by Gasteiger charge is -2.22. The van der Waals surface area contributed by atoms with E-state index in [1.807, 2.05) is 0 Å². The molecule has 2 amide bonds. The van der Waals surface area contributed by atoms with Crippen LogP contribution in [0.4, 0.5) is 11.4 Å². The number of rotatable bonds is 4. The Balaban J connectivity index is 1.51. The molecule has 4 rings (SSSR count). The van der Waals surface area contributed by atoms with Crippen LogP contribution in [0, 0.1) is 0 Å². The molecule has 2 aromatic rings. The normalized spacial score (nSPS) is 19.0. The minimum Gasteiger partial charge on any atom is -0.397 e. The summed E-state index contributed by atoms with van der Waals surface area (Å²) in [5, 5.41) is 6.89. The van der Waals surface area contributed by atoms with E-state index in [2.05, 4.69) is 10.6 Å². The van der Waals surface area contributed by atoms with Crippen molar-refractivity contribution in [1.82, 2.24) is 10.6 Å². The maximum atomic E-state index is 12.7. The average molecular weight is 421 g/mol. The number of amides is 2. The van der Waals surface area contributed by atoms with Crippen molar-refractivity contribution in [2.75, 3.05) is 11.5 Å². The van der Waals surface area contributed by atoms with Crippen molar-refractivity contribution in [3.05, 3.63) is 9.75 Å². The van der Waals surface area contributed by atoms with E-state index in [0.717, 1.165) is 55.4 Å². The average Bonchev–Trinajstić information content (AvgIpc) is 3.20. The molecule has 2 saturated carbocycles. The van der Waals surface area contributed by atoms with E-state index in [-0.39, 0.29) is 23.9 Å². The highest BCUT2D eigenvalue weighted by Crippen LogP contribution is 2.44. The Hall–Kier alpha value is -1.80. The van der Waals surface area contributed by atoms with Crippen LogP contribution in [0.15, 0.2) is 0 Å². The van der Waals surface area contributed by atoms with Crippen molar-refractivity contribution in [2.24, 2.45) is 0 Å². The van der Waals surface area contributed by atoms with Gasteiger partial charge in [-0.3, -0.25) is 9.59 Å². The summed E-state index contributed by atoms with van der Waals surface area (Å²) in [7, 11) is 0. The van der Waals surface area contributed by atoms with Crippen LogP contribution in [0.2, 0.25) is 0 Å². The lowest BCUT2D eigenvalue weighted by molar-refractivity contribution is 0.0924.